The smallest absolute Gasteiger partial charge is 0.359 e. The van der Waals surface area contributed by atoms with Crippen LogP contribution in [0.15, 0.2) is 59.9 Å². The number of hydrogen-bond acceptors (Lipinski definition) is 11. The third-order valence-corrected chi connectivity index (χ3v) is 7.55. The molecule has 1 aliphatic rings. The van der Waals surface area contributed by atoms with E-state index in [9.17, 15) is 14.7 Å². The Hall–Kier alpha value is -3.90. The molecule has 1 unspecified atom stereocenters. The quantitative estimate of drug-likeness (QED) is 0.244. The maximum absolute atomic E-state index is 13.6. The number of thioether (sulfide) groups is 1. The molecule has 0 saturated carbocycles. The molecule has 1 atom stereocenters. The maximum Gasteiger partial charge on any atom is 0.359 e. The summed E-state index contributed by atoms with van der Waals surface area (Å²) in [6.07, 6.45) is 0. The average molecular weight is 581 g/mol. The number of tetrazole rings is 1. The highest BCUT2D eigenvalue weighted by atomic mass is 32.2. The molecule has 0 saturated heterocycles. The summed E-state index contributed by atoms with van der Waals surface area (Å²) in [6.45, 7) is 11.7. The van der Waals surface area contributed by atoms with Crippen LogP contribution in [0.1, 0.15) is 48.5 Å². The first-order valence-electron chi connectivity index (χ1n) is 13.2. The third-order valence-electron chi connectivity index (χ3n) is 6.42. The van der Waals surface area contributed by atoms with Crippen molar-refractivity contribution in [2.75, 3.05) is 17.4 Å². The Morgan fingerprint density at radius 1 is 1.02 bits per heavy atom. The van der Waals surface area contributed by atoms with E-state index in [2.05, 4.69) is 25.9 Å². The van der Waals surface area contributed by atoms with Gasteiger partial charge in [0.25, 0.3) is 0 Å². The molecule has 0 aliphatic carbocycles. The van der Waals surface area contributed by atoms with Gasteiger partial charge < -0.3 is 24.8 Å². The first-order valence-corrected chi connectivity index (χ1v) is 14.2. The number of aromatic nitrogens is 4. The number of aromatic amines is 1. The van der Waals surface area contributed by atoms with Crippen LogP contribution in [0.2, 0.25) is 0 Å². The van der Waals surface area contributed by atoms with Crippen molar-refractivity contribution in [1.82, 2.24) is 25.9 Å². The minimum Gasteiger partial charge on any atom is -0.427 e. The standard InChI is InChI=1S/C29H36N6O5S/c1-8-41-29(7)30-23(28(5,6)38)22(25(36)39-17-40-26(37)27(2,3)4)35(29)19-15-13-18(14-16-19)20-11-9-10-12-21(20)24-31-33-34-32-24/h9-16,30,38H,8,17H2,1-7H3,(H,31,32,33,34). The number of carbonyl (C=O) groups is 2. The lowest BCUT2D eigenvalue weighted by Crippen LogP contribution is -2.49. The van der Waals surface area contributed by atoms with E-state index in [4.69, 9.17) is 9.47 Å². The zero-order chi connectivity index (χ0) is 30.0. The van der Waals surface area contributed by atoms with Gasteiger partial charge in [-0.3, -0.25) is 4.79 Å². The van der Waals surface area contributed by atoms with Crippen LogP contribution >= 0.6 is 11.8 Å². The van der Waals surface area contributed by atoms with Crippen LogP contribution in [0.4, 0.5) is 5.69 Å². The van der Waals surface area contributed by atoms with Gasteiger partial charge in [-0.15, -0.1) is 22.0 Å². The fraction of sp³-hybridized carbons (Fsp3) is 0.414. The minimum absolute atomic E-state index is 0.132. The fourth-order valence-electron chi connectivity index (χ4n) is 4.48. The summed E-state index contributed by atoms with van der Waals surface area (Å²) >= 11 is 1.56. The predicted molar refractivity (Wildman–Crippen MR) is 157 cm³/mol. The van der Waals surface area contributed by atoms with Crippen LogP contribution in [0.25, 0.3) is 22.5 Å². The highest BCUT2D eigenvalue weighted by Gasteiger charge is 2.49. The molecule has 4 rings (SSSR count). The maximum atomic E-state index is 13.6. The Morgan fingerprint density at radius 2 is 1.68 bits per heavy atom. The molecule has 0 spiro atoms. The largest absolute Gasteiger partial charge is 0.427 e. The fourth-order valence-corrected chi connectivity index (χ4v) is 5.54. The van der Waals surface area contributed by atoms with Gasteiger partial charge in [0.05, 0.1) is 11.1 Å². The summed E-state index contributed by atoms with van der Waals surface area (Å²) < 4.78 is 10.6. The molecule has 0 bridgehead atoms. The normalized spacial score (nSPS) is 17.4. The lowest BCUT2D eigenvalue weighted by Gasteiger charge is -2.37. The summed E-state index contributed by atoms with van der Waals surface area (Å²) in [5.41, 5.74) is 1.64. The van der Waals surface area contributed by atoms with Crippen molar-refractivity contribution in [3.8, 4) is 22.5 Å². The monoisotopic (exact) mass is 580 g/mol. The van der Waals surface area contributed by atoms with Crippen LogP contribution in [0.5, 0.6) is 0 Å². The number of nitrogens with one attached hydrogen (secondary N) is 2. The Bertz CT molecular complexity index is 1430. The molecular weight excluding hydrogens is 544 g/mol. The summed E-state index contributed by atoms with van der Waals surface area (Å²) in [5.74, 6) is -0.0223. The molecule has 12 heteroatoms. The second-order valence-electron chi connectivity index (χ2n) is 11.2. The van der Waals surface area contributed by atoms with Crippen LogP contribution in [-0.2, 0) is 19.1 Å². The number of carbonyl (C=O) groups excluding carboxylic acids is 2. The van der Waals surface area contributed by atoms with Crippen molar-refractivity contribution in [2.24, 2.45) is 5.41 Å². The molecule has 218 valence electrons. The highest BCUT2D eigenvalue weighted by molar-refractivity contribution is 8.00. The molecule has 1 aromatic heterocycles. The van der Waals surface area contributed by atoms with Crippen molar-refractivity contribution in [2.45, 2.75) is 59.1 Å². The van der Waals surface area contributed by atoms with Crippen molar-refractivity contribution in [3.05, 3.63) is 59.9 Å². The lowest BCUT2D eigenvalue weighted by atomic mass is 9.98. The number of H-pyrrole nitrogens is 1. The van der Waals surface area contributed by atoms with Gasteiger partial charge in [0.2, 0.25) is 12.6 Å². The number of hydrogen-bond donors (Lipinski definition) is 3. The molecule has 11 nitrogen and oxygen atoms in total. The Labute approximate surface area is 243 Å². The summed E-state index contributed by atoms with van der Waals surface area (Å²) in [6, 6.07) is 15.4. The minimum atomic E-state index is -1.40. The van der Waals surface area contributed by atoms with E-state index >= 15 is 0 Å². The number of aliphatic hydroxyl groups is 1. The van der Waals surface area contributed by atoms with Gasteiger partial charge in [-0.25, -0.2) is 4.79 Å². The van der Waals surface area contributed by atoms with E-state index in [-0.39, 0.29) is 5.70 Å². The number of ether oxygens (including phenoxy) is 2. The number of rotatable bonds is 9. The van der Waals surface area contributed by atoms with Gasteiger partial charge in [0, 0.05) is 11.3 Å². The molecule has 3 N–H and O–H groups in total. The van der Waals surface area contributed by atoms with Crippen LogP contribution in [-0.4, -0.2) is 60.8 Å². The molecule has 1 aliphatic heterocycles. The number of nitrogens with zero attached hydrogens (tertiary/aromatic N) is 4. The topological polar surface area (TPSA) is 143 Å². The number of anilines is 1. The highest BCUT2D eigenvalue weighted by Crippen LogP contribution is 2.44. The van der Waals surface area contributed by atoms with Gasteiger partial charge in [-0.2, -0.15) is 5.21 Å². The van der Waals surface area contributed by atoms with Gasteiger partial charge in [-0.1, -0.05) is 43.3 Å². The third kappa shape index (κ3) is 6.38. The number of esters is 2. The lowest BCUT2D eigenvalue weighted by molar-refractivity contribution is -0.171. The summed E-state index contributed by atoms with van der Waals surface area (Å²) in [7, 11) is 0. The molecule has 0 fully saturated rings. The Morgan fingerprint density at radius 3 is 2.24 bits per heavy atom. The summed E-state index contributed by atoms with van der Waals surface area (Å²) in [5, 5.41) is 28.9. The van der Waals surface area contributed by atoms with Crippen molar-refractivity contribution in [3.63, 3.8) is 0 Å². The predicted octanol–water partition coefficient (Wildman–Crippen LogP) is 4.44. The Kier molecular flexibility index (Phi) is 8.46. The second kappa shape index (κ2) is 11.5. The number of benzene rings is 2. The van der Waals surface area contributed by atoms with Crippen LogP contribution in [0, 0.1) is 5.41 Å². The van der Waals surface area contributed by atoms with E-state index in [1.165, 1.54) is 0 Å². The Balaban J connectivity index is 1.72. The van der Waals surface area contributed by atoms with E-state index in [0.29, 0.717) is 17.2 Å². The zero-order valence-corrected chi connectivity index (χ0v) is 25.1. The first kappa shape index (κ1) is 30.1. The first-order chi connectivity index (χ1) is 19.3. The molecule has 3 aromatic rings. The SMILES string of the molecule is CCSC1(C)NC(C(C)(C)O)=C(C(=O)OCOC(=O)C(C)(C)C)N1c1ccc(-c2ccccc2-c2nn[nH]n2)cc1. The average Bonchev–Trinajstić information content (AvgIpc) is 3.55. The van der Waals surface area contributed by atoms with E-state index in [1.54, 1.807) is 46.4 Å². The summed E-state index contributed by atoms with van der Waals surface area (Å²) in [4.78, 5) is 26.8. The van der Waals surface area contributed by atoms with Crippen molar-refractivity contribution >= 4 is 29.4 Å². The van der Waals surface area contributed by atoms with Crippen molar-refractivity contribution < 1.29 is 24.2 Å². The second-order valence-corrected chi connectivity index (χ2v) is 12.9. The van der Waals surface area contributed by atoms with Crippen LogP contribution < -0.4 is 10.2 Å². The van der Waals surface area contributed by atoms with Crippen LogP contribution in [0.3, 0.4) is 0 Å². The molecule has 0 amide bonds. The van der Waals surface area contributed by atoms with Crippen molar-refractivity contribution in [1.29, 1.82) is 0 Å². The zero-order valence-electron chi connectivity index (χ0n) is 24.3. The van der Waals surface area contributed by atoms with E-state index < -0.39 is 34.7 Å². The van der Waals surface area contributed by atoms with Gasteiger partial charge in [-0.05, 0) is 75.8 Å². The van der Waals surface area contributed by atoms with E-state index in [1.807, 2.05) is 67.3 Å². The van der Waals surface area contributed by atoms with Gasteiger partial charge >= 0.3 is 11.9 Å². The van der Waals surface area contributed by atoms with Gasteiger partial charge in [0.1, 0.15) is 5.60 Å². The molecule has 0 radical (unpaired) electrons. The van der Waals surface area contributed by atoms with Gasteiger partial charge in [0.15, 0.2) is 10.7 Å². The molecular formula is C29H36N6O5S. The van der Waals surface area contributed by atoms with E-state index in [0.717, 1.165) is 22.4 Å². The molecule has 2 heterocycles. The molecule has 2 aromatic carbocycles. The molecule has 41 heavy (non-hydrogen) atoms.